The van der Waals surface area contributed by atoms with E-state index in [-0.39, 0.29) is 11.7 Å². The number of carbonyl (C=O) groups excluding carboxylic acids is 2. The number of nitrogens with zero attached hydrogens (tertiary/aromatic N) is 1. The van der Waals surface area contributed by atoms with E-state index in [2.05, 4.69) is 0 Å². The summed E-state index contributed by atoms with van der Waals surface area (Å²) in [5, 5.41) is 0.867. The Hall–Kier alpha value is -3.46. The lowest BCUT2D eigenvalue weighted by Crippen LogP contribution is -2.13. The van der Waals surface area contributed by atoms with Crippen molar-refractivity contribution in [3.05, 3.63) is 108 Å². The lowest BCUT2D eigenvalue weighted by molar-refractivity contribution is 0.0965. The third-order valence-corrected chi connectivity index (χ3v) is 4.23. The van der Waals surface area contributed by atoms with Crippen molar-refractivity contribution in [1.29, 1.82) is 0 Å². The zero-order valence-electron chi connectivity index (χ0n) is 13.4. The molecule has 0 bridgehead atoms. The maximum Gasteiger partial charge on any atom is 0.262 e. The SMILES string of the molecule is O=C(c1ccccc1)c1cccc2ccn(C(=O)c3ccccc3)c12. The molecule has 25 heavy (non-hydrogen) atoms. The molecule has 1 aromatic heterocycles. The first kappa shape index (κ1) is 15.1. The molecule has 0 amide bonds. The molecular weight excluding hydrogens is 310 g/mol. The molecule has 0 atom stereocenters. The summed E-state index contributed by atoms with van der Waals surface area (Å²) in [5.74, 6) is -0.240. The Balaban J connectivity index is 1.88. The number of para-hydroxylation sites is 1. The standard InChI is InChI=1S/C22H15NO2/c24-21(17-8-3-1-4-9-17)19-13-7-12-16-14-15-23(20(16)19)22(25)18-10-5-2-6-11-18/h1-15H. The van der Waals surface area contributed by atoms with Gasteiger partial charge in [-0.3, -0.25) is 14.2 Å². The van der Waals surface area contributed by atoms with Crippen LogP contribution >= 0.6 is 0 Å². The first-order valence-electron chi connectivity index (χ1n) is 8.05. The average molecular weight is 325 g/mol. The van der Waals surface area contributed by atoms with E-state index in [9.17, 15) is 9.59 Å². The minimum absolute atomic E-state index is 0.0907. The normalized spacial score (nSPS) is 10.7. The van der Waals surface area contributed by atoms with Crippen LogP contribution in [0.2, 0.25) is 0 Å². The average Bonchev–Trinajstić information content (AvgIpc) is 3.12. The summed E-state index contributed by atoms with van der Waals surface area (Å²) in [6.45, 7) is 0. The predicted molar refractivity (Wildman–Crippen MR) is 98.0 cm³/mol. The van der Waals surface area contributed by atoms with Gasteiger partial charge in [0.05, 0.1) is 5.52 Å². The minimum atomic E-state index is -0.149. The van der Waals surface area contributed by atoms with Gasteiger partial charge in [0.25, 0.3) is 5.91 Å². The largest absolute Gasteiger partial charge is 0.289 e. The summed E-state index contributed by atoms with van der Waals surface area (Å²) in [4.78, 5) is 25.8. The van der Waals surface area contributed by atoms with Gasteiger partial charge in [0.15, 0.2) is 5.78 Å². The summed E-state index contributed by atoms with van der Waals surface area (Å²) in [6, 6.07) is 25.6. The molecule has 4 rings (SSSR count). The number of hydrogen-bond donors (Lipinski definition) is 0. The monoisotopic (exact) mass is 325 g/mol. The van der Waals surface area contributed by atoms with Crippen LogP contribution in [0.3, 0.4) is 0 Å². The Bertz CT molecular complexity index is 1060. The predicted octanol–water partition coefficient (Wildman–Crippen LogP) is 4.56. The maximum absolute atomic E-state index is 12.9. The summed E-state index contributed by atoms with van der Waals surface area (Å²) >= 11 is 0. The first-order valence-corrected chi connectivity index (χ1v) is 8.05. The molecule has 3 aromatic carbocycles. The smallest absolute Gasteiger partial charge is 0.262 e. The Labute approximate surface area is 145 Å². The highest BCUT2D eigenvalue weighted by atomic mass is 16.2. The maximum atomic E-state index is 12.9. The molecular formula is C22H15NO2. The second-order valence-electron chi connectivity index (χ2n) is 5.80. The molecule has 4 aromatic rings. The highest BCUT2D eigenvalue weighted by molar-refractivity contribution is 6.17. The molecule has 0 radical (unpaired) electrons. The molecule has 0 aliphatic heterocycles. The number of ketones is 1. The van der Waals surface area contributed by atoms with Gasteiger partial charge >= 0.3 is 0 Å². The lowest BCUT2D eigenvalue weighted by atomic mass is 10.0. The van der Waals surface area contributed by atoms with Gasteiger partial charge in [0.2, 0.25) is 0 Å². The molecule has 1 heterocycles. The van der Waals surface area contributed by atoms with E-state index in [1.807, 2.05) is 54.6 Å². The zero-order valence-corrected chi connectivity index (χ0v) is 13.4. The van der Waals surface area contributed by atoms with Crippen LogP contribution in [-0.2, 0) is 0 Å². The topological polar surface area (TPSA) is 39.1 Å². The van der Waals surface area contributed by atoms with Gasteiger partial charge in [-0.2, -0.15) is 0 Å². The van der Waals surface area contributed by atoms with Crippen molar-refractivity contribution in [2.45, 2.75) is 0 Å². The van der Waals surface area contributed by atoms with Crippen molar-refractivity contribution >= 4 is 22.6 Å². The van der Waals surface area contributed by atoms with Crippen molar-refractivity contribution in [2.24, 2.45) is 0 Å². The molecule has 0 aliphatic carbocycles. The third kappa shape index (κ3) is 2.66. The highest BCUT2D eigenvalue weighted by Crippen LogP contribution is 2.24. The van der Waals surface area contributed by atoms with Gasteiger partial charge < -0.3 is 0 Å². The van der Waals surface area contributed by atoms with Crippen LogP contribution in [0.25, 0.3) is 10.9 Å². The fraction of sp³-hybridized carbons (Fsp3) is 0. The summed E-state index contributed by atoms with van der Waals surface area (Å²) < 4.78 is 1.56. The van der Waals surface area contributed by atoms with E-state index in [0.29, 0.717) is 22.2 Å². The molecule has 0 saturated carbocycles. The molecule has 120 valence electrons. The molecule has 3 heteroatoms. The number of hydrogen-bond acceptors (Lipinski definition) is 2. The molecule has 0 unspecified atom stereocenters. The molecule has 0 aliphatic rings. The van der Waals surface area contributed by atoms with Crippen molar-refractivity contribution in [1.82, 2.24) is 4.57 Å². The van der Waals surface area contributed by atoms with Crippen LogP contribution in [0.1, 0.15) is 26.3 Å². The number of rotatable bonds is 3. The van der Waals surface area contributed by atoms with Gasteiger partial charge in [-0.05, 0) is 24.3 Å². The van der Waals surface area contributed by atoms with Crippen LogP contribution in [0.5, 0.6) is 0 Å². The Morgan fingerprint density at radius 1 is 0.640 bits per heavy atom. The zero-order chi connectivity index (χ0) is 17.2. The Morgan fingerprint density at radius 3 is 1.96 bits per heavy atom. The quantitative estimate of drug-likeness (QED) is 0.518. The van der Waals surface area contributed by atoms with E-state index in [4.69, 9.17) is 0 Å². The molecule has 0 N–H and O–H groups in total. The van der Waals surface area contributed by atoms with E-state index in [1.165, 1.54) is 0 Å². The van der Waals surface area contributed by atoms with Gasteiger partial charge in [-0.1, -0.05) is 60.7 Å². The molecule has 3 nitrogen and oxygen atoms in total. The Morgan fingerprint density at radius 2 is 1.28 bits per heavy atom. The van der Waals surface area contributed by atoms with Crippen LogP contribution < -0.4 is 0 Å². The van der Waals surface area contributed by atoms with Gasteiger partial charge in [0, 0.05) is 28.3 Å². The van der Waals surface area contributed by atoms with Gasteiger partial charge in [-0.25, -0.2) is 0 Å². The van der Waals surface area contributed by atoms with E-state index in [0.717, 1.165) is 5.39 Å². The second kappa shape index (κ2) is 6.21. The fourth-order valence-corrected chi connectivity index (χ4v) is 3.01. The van der Waals surface area contributed by atoms with Gasteiger partial charge in [-0.15, -0.1) is 0 Å². The Kier molecular flexibility index (Phi) is 3.75. The third-order valence-electron chi connectivity index (χ3n) is 4.23. The van der Waals surface area contributed by atoms with Gasteiger partial charge in [0.1, 0.15) is 0 Å². The number of benzene rings is 3. The number of fused-ring (bicyclic) bond motifs is 1. The van der Waals surface area contributed by atoms with Crippen LogP contribution in [0.15, 0.2) is 91.1 Å². The minimum Gasteiger partial charge on any atom is -0.289 e. The molecule has 0 spiro atoms. The number of carbonyl (C=O) groups is 2. The van der Waals surface area contributed by atoms with Crippen LogP contribution in [0, 0.1) is 0 Å². The van der Waals surface area contributed by atoms with Crippen molar-refractivity contribution in [3.8, 4) is 0 Å². The fourth-order valence-electron chi connectivity index (χ4n) is 3.01. The summed E-state index contributed by atoms with van der Waals surface area (Å²) in [5.41, 5.74) is 2.36. The van der Waals surface area contributed by atoms with Crippen molar-refractivity contribution < 1.29 is 9.59 Å². The van der Waals surface area contributed by atoms with E-state index < -0.39 is 0 Å². The molecule has 0 saturated heterocycles. The number of aromatic nitrogens is 1. The molecule has 0 fully saturated rings. The lowest BCUT2D eigenvalue weighted by Gasteiger charge is -2.09. The highest BCUT2D eigenvalue weighted by Gasteiger charge is 2.18. The van der Waals surface area contributed by atoms with E-state index in [1.54, 1.807) is 41.1 Å². The van der Waals surface area contributed by atoms with E-state index >= 15 is 0 Å². The first-order chi connectivity index (χ1) is 12.3. The van der Waals surface area contributed by atoms with Crippen molar-refractivity contribution in [2.75, 3.05) is 0 Å². The van der Waals surface area contributed by atoms with Crippen LogP contribution in [0.4, 0.5) is 0 Å². The van der Waals surface area contributed by atoms with Crippen LogP contribution in [-0.4, -0.2) is 16.3 Å². The summed E-state index contributed by atoms with van der Waals surface area (Å²) in [6.07, 6.45) is 1.72. The van der Waals surface area contributed by atoms with Crippen molar-refractivity contribution in [3.63, 3.8) is 0 Å². The second-order valence-corrected chi connectivity index (χ2v) is 5.80. The summed E-state index contributed by atoms with van der Waals surface area (Å²) in [7, 11) is 0.